The molecule has 0 spiro atoms. The number of hydrogen-bond donors (Lipinski definition) is 6. The number of aromatic nitrogens is 9. The Bertz CT molecular complexity index is 3970. The average Bonchev–Trinajstić information content (AvgIpc) is 1.46. The first kappa shape index (κ1) is 22.8. The third-order valence-electron chi connectivity index (χ3n) is 15.0. The van der Waals surface area contributed by atoms with Crippen LogP contribution in [0.1, 0.15) is 350 Å². The molecule has 6 aromatic carbocycles. The number of nitrogens with one attached hydrogen (secondary N) is 1. The molecule has 3 aromatic heterocycles. The molecule has 9 N–H and O–H groups in total. The molecule has 1 amide bonds. The number of rotatable bonds is 24. The van der Waals surface area contributed by atoms with Gasteiger partial charge in [-0.25, -0.2) is 5.84 Å². The van der Waals surface area contributed by atoms with Gasteiger partial charge in [0.25, 0.3) is 0 Å². The largest absolute Gasteiger partial charge is 0.466 e. The van der Waals surface area contributed by atoms with Crippen LogP contribution in [0.5, 0.6) is 0 Å². The molecule has 1 aliphatic rings. The topological polar surface area (TPSA) is 286 Å². The molecule has 98 heavy (non-hydrogen) atoms. The maximum Gasteiger partial charge on any atom is 0.416 e. The average molecular weight is 1700 g/mol. The lowest BCUT2D eigenvalue weighted by molar-refractivity contribution is -0.138. The van der Waals surface area contributed by atoms with Crippen molar-refractivity contribution in [2.24, 2.45) is 17.5 Å². The van der Waals surface area contributed by atoms with Crippen LogP contribution in [0.2, 0.25) is 0 Å². The van der Waals surface area contributed by atoms with Crippen molar-refractivity contribution in [2.75, 3.05) is 39.5 Å². The number of benzene rings is 6. The fourth-order valence-electron chi connectivity index (χ4n) is 9.58. The summed E-state index contributed by atoms with van der Waals surface area (Å²) in [5.74, 6) is 15.0. The lowest BCUT2D eigenvalue weighted by Gasteiger charge is -2.17. The van der Waals surface area contributed by atoms with Gasteiger partial charge in [-0.3, -0.25) is 26.7 Å². The predicted molar refractivity (Wildman–Crippen MR) is 524 cm³/mol. The zero-order valence-corrected chi connectivity index (χ0v) is 54.2. The summed E-state index contributed by atoms with van der Waals surface area (Å²) in [6.07, 6.45) is -0.677. The summed E-state index contributed by atoms with van der Waals surface area (Å²) >= 11 is 0. The standard InChI is InChI=1S/C23H27F3N4.C19H18F3N3O.C19H16F3N3O.C4H10N2O2.C4H6O2.H4N2.82H2/c1-3-29(4-2)15-5-6-22-28-27-17-30(22)16-18-7-9-19(10-8-18)20-11-13-21(14-12-20)23(24,25)26;2*20-19(21,22)17-9-7-16(8-10-17)15-5-3-14(4-6-15)12-25-13-23-24-18(25)2-1-11-26;5-6-4(8)2-1-3-7;5-4-2-1-3-6-4;1-2;;;;;;;;;;;;;;;;;;;;;;;;;;;;;;;;;;;;;;;;;;;;;;;;;;;;;;;;;;;;;;;;;;;;;;;;;;;;;;;;;;/h7-14,17H,3-6,15-16H2,1-2H3;3-10,13,26H,1-2,11-12H2;3-11,13H,1-2,12H2;7H,1-3,5H2,(H,6,8);1-3H2;1-2H2;82*1H/i;;;;;;80*1+1D;2*1+1. The second kappa shape index (κ2) is 40.9. The third-order valence-corrected chi connectivity index (χ3v) is 15.0. The number of halogens is 9. The summed E-state index contributed by atoms with van der Waals surface area (Å²) in [7, 11) is 0. The van der Waals surface area contributed by atoms with E-state index in [0.29, 0.717) is 71.2 Å². The number of aliphatic hydroxyl groups excluding tert-OH is 2. The van der Waals surface area contributed by atoms with E-state index in [2.05, 4.69) is 70.3 Å². The molecule has 1 fully saturated rings. The molecule has 4 heterocycles. The molecule has 9 aromatic rings. The van der Waals surface area contributed by atoms with E-state index >= 15 is 0 Å². The van der Waals surface area contributed by atoms with Crippen LogP contribution in [0.4, 0.5) is 39.5 Å². The molecule has 0 bridgehead atoms. The van der Waals surface area contributed by atoms with Gasteiger partial charge in [0, 0.05) is 292 Å². The van der Waals surface area contributed by atoms with Crippen molar-refractivity contribution in [2.45, 2.75) is 116 Å². The number of hydrazine groups is 2. The van der Waals surface area contributed by atoms with Crippen molar-refractivity contribution < 1.29 is 309 Å². The fraction of sp³-hybridized carbons (Fsp3) is 0.348. The highest BCUT2D eigenvalue weighted by Crippen LogP contribution is 2.34. The van der Waals surface area contributed by atoms with Crippen LogP contribution >= 0.6 is 0 Å². The Balaban J connectivity index is -0.0000000178. The summed E-state index contributed by atoms with van der Waals surface area (Å²) in [6, 6.07) is 38.5. The van der Waals surface area contributed by atoms with E-state index in [1.165, 1.54) is 36.4 Å². The van der Waals surface area contributed by atoms with E-state index < -0.39 is 35.2 Å². The van der Waals surface area contributed by atoms with Crippen molar-refractivity contribution in [3.8, 4) is 33.4 Å². The number of aldehydes is 1. The van der Waals surface area contributed by atoms with Gasteiger partial charge in [0.1, 0.15) is 42.7 Å². The SMILES string of the molecule is CCN(CC)CCCc1nncn1Cc1ccc(-c2ccc(C(F)(F)F)cc2)cc1.NN.NNC(=O)CCCO.O=C1CCCO1.O=CCCc1nncn1Cc1ccc(-c2ccc(C(F)(F)F)cc2)cc1.OCCCc1nncn1Cc1ccc(-c2ccc(C(F)(F)F)cc2)cc1.[2HH].[2HH].[2H][2H].[2H][2H].[2H][2H].[2H][2H].[2H][2H].[2H][2H].[2H][2H].[2H][2H].[2H][2H].[2H][2H].[2H][2H].[2H][2H].[2H][2H].[2H][2H].[2H][2H].[2H][2H].[2H][2H].[2H][2H].[2H][2H].[2H][2H].[2H][2H].[2H][2H].[2H][2H].[2H][2H].[2H][2H].[2H][2H].[2H][2H].[2H][2H].[2H][2H].[2H][2H].[2H][2H].[2H][2H].[2H][2H].[2H][2H].[2H][2H].[2H][2H].[2H][2H].[2H][2H].[2H][2H].[2H][2H].[2H][2H].[2H][2H].[2H][2H].[2H][2H].[2H][2H].[2H][2H].[2H][2H].[2H][2H].[2H][2H].[2H][2H].[2H][2H].[2H][2H].[2H][2H].[2H][2H].[2H][2H].[2H][2H].[2H][2H].[2H][2H].[2H][2H].[2H][2H].[2H][2H].[2H][2H].[2H][2H].[2H][2H].[2H][2H].[2H][2H].[2H][2H].[2H][2H].[2H][2H].[2H][2H].[2H][2H].[2H][2H].[2H][2H].[2H][2H].[2H][2H].[2H][2H].[2H][2H].[2H][2H].[2H][2H].[2H][2H]. The normalized spacial score (nSPS) is 18.4. The van der Waals surface area contributed by atoms with Crippen LogP contribution in [0, 0.1) is 0 Å². The van der Waals surface area contributed by atoms with Crippen molar-refractivity contribution in [3.63, 3.8) is 0 Å². The molecule has 0 radical (unpaired) electrons. The molecule has 1 saturated heterocycles. The zero-order valence-electron chi connectivity index (χ0n) is 214. The predicted octanol–water partition coefficient (Wildman–Crippen LogP) is 31.4. The molecule has 29 heteroatoms. The number of aryl methyl sites for hydroxylation is 3. The maximum atomic E-state index is 12.7. The van der Waals surface area contributed by atoms with E-state index in [1.807, 2.05) is 87.4 Å². The lowest BCUT2D eigenvalue weighted by atomic mass is 10.0. The number of ether oxygens (including phenoxy) is 1. The van der Waals surface area contributed by atoms with E-state index in [9.17, 15) is 53.9 Å². The van der Waals surface area contributed by atoms with Crippen LogP contribution in [0.15, 0.2) is 165 Å². The van der Waals surface area contributed by atoms with Gasteiger partial charge in [-0.15, -0.1) is 30.6 Å². The van der Waals surface area contributed by atoms with E-state index in [-0.39, 0.29) is 27.9 Å². The van der Waals surface area contributed by atoms with Gasteiger partial charge in [0.15, 0.2) is 0 Å². The van der Waals surface area contributed by atoms with Gasteiger partial charge in [-0.1, -0.05) is 123 Å². The second-order valence-electron chi connectivity index (χ2n) is 21.8. The van der Waals surface area contributed by atoms with Crippen LogP contribution in [0.3, 0.4) is 0 Å². The molecular formula is C69H245F9N14O6. The number of cyclic esters (lactones) is 1. The van der Waals surface area contributed by atoms with Gasteiger partial charge < -0.3 is 38.3 Å². The van der Waals surface area contributed by atoms with Gasteiger partial charge in [-0.2, -0.15) is 39.5 Å². The number of nitrogens with two attached hydrogens (primary N) is 3. The Morgan fingerprint density at radius 1 is 0.551 bits per heavy atom. The molecule has 20 nitrogen and oxygen atoms in total. The molecular weight excluding hydrogens is 1290 g/mol. The lowest BCUT2D eigenvalue weighted by Crippen LogP contribution is -2.29. The van der Waals surface area contributed by atoms with E-state index in [4.69, 9.17) is 254 Å². The summed E-state index contributed by atoms with van der Waals surface area (Å²) < 4.78 is 924. The molecule has 0 saturated carbocycles. The fourth-order valence-corrected chi connectivity index (χ4v) is 9.58. The number of aliphatic hydroxyl groups is 2. The van der Waals surface area contributed by atoms with Gasteiger partial charge >= 0.3 is 24.5 Å². The van der Waals surface area contributed by atoms with Gasteiger partial charge in [0.05, 0.1) is 42.9 Å². The van der Waals surface area contributed by atoms with Crippen LogP contribution in [0.25, 0.3) is 33.4 Å². The minimum atomic E-state index is -4.33. The molecule has 0 atom stereocenters. The Labute approximate surface area is 811 Å². The second-order valence-corrected chi connectivity index (χ2v) is 21.8. The maximum absolute atomic E-state index is 12.7. The minimum Gasteiger partial charge on any atom is -0.466 e. The van der Waals surface area contributed by atoms with Gasteiger partial charge in [0.2, 0.25) is 5.91 Å². The quantitative estimate of drug-likeness (QED) is 0.00818. The van der Waals surface area contributed by atoms with Crippen molar-refractivity contribution in [1.82, 2.24) is 54.6 Å². The number of esters is 1. The first-order valence-corrected chi connectivity index (χ1v) is 31.3. The Morgan fingerprint density at radius 3 is 1.14 bits per heavy atom. The highest BCUT2D eigenvalue weighted by molar-refractivity contribution is 5.75. The molecule has 0 unspecified atom stereocenters. The molecule has 1 aliphatic heterocycles. The van der Waals surface area contributed by atoms with Crippen molar-refractivity contribution in [1.29, 1.82) is 0 Å². The van der Waals surface area contributed by atoms with Crippen molar-refractivity contribution in [3.05, 3.63) is 215 Å². The highest BCUT2D eigenvalue weighted by Gasteiger charge is 2.32. The Hall–Kier alpha value is -9.52. The number of alkyl halides is 9. The van der Waals surface area contributed by atoms with Crippen LogP contribution in [-0.4, -0.2) is 117 Å². The van der Waals surface area contributed by atoms with E-state index in [1.54, 1.807) is 19.0 Å². The number of amides is 1. The zero-order chi connectivity index (χ0) is 232. The summed E-state index contributed by atoms with van der Waals surface area (Å²) in [4.78, 5) is 33.1. The monoisotopic (exact) mass is 1700 g/mol. The first-order chi connectivity index (χ1) is 127. The van der Waals surface area contributed by atoms with Gasteiger partial charge in [-0.05, 0) is 132 Å². The summed E-state index contributed by atoms with van der Waals surface area (Å²) in [5.41, 5.74) is 7.93. The first-order valence-electron chi connectivity index (χ1n) is 111. The number of carbonyl (C=O) groups is 3. The van der Waals surface area contributed by atoms with E-state index in [0.717, 1.165) is 149 Å². The summed E-state index contributed by atoms with van der Waals surface area (Å²) in [5, 5.41) is 41.3. The minimum absolute atomic E-state index is 0. The Kier molecular flexibility index (Phi) is 9.50. The molecule has 0 aliphatic carbocycles. The van der Waals surface area contributed by atoms with Crippen LogP contribution < -0.4 is 23.0 Å². The highest BCUT2D eigenvalue weighted by atomic mass is 19.4. The molecule has 690 valence electrons. The Morgan fingerprint density at radius 2 is 0.878 bits per heavy atom. The number of carbonyl (C=O) groups excluding carboxylic acids is 3. The summed E-state index contributed by atoms with van der Waals surface area (Å²) in [6.45, 7) is 10.1. The smallest absolute Gasteiger partial charge is 0.416 e. The third kappa shape index (κ3) is 26.8. The van der Waals surface area contributed by atoms with Crippen LogP contribution in [-0.2, 0) is 76.5 Å². The number of nitrogens with zero attached hydrogens (tertiary/aromatic N) is 10. The number of hydrogen-bond acceptors (Lipinski definition) is 16. The molecule has 10 rings (SSSR count). The van der Waals surface area contributed by atoms with Crippen molar-refractivity contribution >= 4 is 18.2 Å².